The van der Waals surface area contributed by atoms with Crippen LogP contribution in [0.2, 0.25) is 5.02 Å². The second kappa shape index (κ2) is 6.61. The lowest BCUT2D eigenvalue weighted by Gasteiger charge is -2.09. The van der Waals surface area contributed by atoms with E-state index in [1.807, 2.05) is 24.3 Å². The maximum absolute atomic E-state index is 5.81. The van der Waals surface area contributed by atoms with E-state index in [4.69, 9.17) is 16.3 Å². The van der Waals surface area contributed by atoms with Crippen LogP contribution in [0, 0.1) is 0 Å². The number of aliphatic imine (C=N–C) groups is 1. The molecule has 1 atom stereocenters. The Balaban J connectivity index is 1.57. The van der Waals surface area contributed by atoms with Gasteiger partial charge in [0.2, 0.25) is 0 Å². The van der Waals surface area contributed by atoms with E-state index in [1.54, 1.807) is 0 Å². The van der Waals surface area contributed by atoms with Gasteiger partial charge in [0.05, 0.1) is 19.8 Å². The number of nitrogens with one attached hydrogen (secondary N) is 2. The van der Waals surface area contributed by atoms with Crippen LogP contribution in [0.1, 0.15) is 12.5 Å². The molecule has 2 rings (SSSR count). The quantitative estimate of drug-likeness (QED) is 0.800. The third-order valence-electron chi connectivity index (χ3n) is 2.63. The number of ether oxygens (including phenoxy) is 1. The Kier molecular flexibility index (Phi) is 4.84. The summed E-state index contributed by atoms with van der Waals surface area (Å²) in [5.41, 5.74) is 1.13. The molecule has 1 heterocycles. The normalized spacial score (nSPS) is 18.3. The molecule has 4 nitrogen and oxygen atoms in total. The third-order valence-corrected chi connectivity index (χ3v) is 2.88. The molecule has 0 aliphatic carbocycles. The fraction of sp³-hybridized carbons (Fsp3) is 0.462. The Morgan fingerprint density at radius 3 is 2.89 bits per heavy atom. The van der Waals surface area contributed by atoms with E-state index in [1.165, 1.54) is 0 Å². The number of rotatable bonds is 5. The summed E-state index contributed by atoms with van der Waals surface area (Å²) in [6, 6.07) is 8.12. The molecule has 98 valence electrons. The molecular formula is C13H18ClN3O. The van der Waals surface area contributed by atoms with Crippen LogP contribution in [-0.4, -0.2) is 31.7 Å². The van der Waals surface area contributed by atoms with Gasteiger partial charge in [-0.1, -0.05) is 23.7 Å². The maximum atomic E-state index is 5.81. The number of nitrogens with zero attached hydrogens (tertiary/aromatic N) is 1. The smallest absolute Gasteiger partial charge is 0.191 e. The van der Waals surface area contributed by atoms with Gasteiger partial charge in [-0.2, -0.15) is 0 Å². The van der Waals surface area contributed by atoms with E-state index in [-0.39, 0.29) is 0 Å². The van der Waals surface area contributed by atoms with Gasteiger partial charge in [0.1, 0.15) is 0 Å². The first-order valence-electron chi connectivity index (χ1n) is 6.11. The van der Waals surface area contributed by atoms with Gasteiger partial charge in [-0.15, -0.1) is 0 Å². The van der Waals surface area contributed by atoms with Crippen LogP contribution in [0.15, 0.2) is 29.3 Å². The Morgan fingerprint density at radius 1 is 1.44 bits per heavy atom. The van der Waals surface area contributed by atoms with Crippen LogP contribution in [0.4, 0.5) is 0 Å². The van der Waals surface area contributed by atoms with Crippen molar-refractivity contribution in [3.8, 4) is 0 Å². The molecule has 1 aromatic rings. The van der Waals surface area contributed by atoms with Crippen molar-refractivity contribution in [3.63, 3.8) is 0 Å². The summed E-state index contributed by atoms with van der Waals surface area (Å²) in [7, 11) is 0. The molecule has 1 unspecified atom stereocenters. The van der Waals surface area contributed by atoms with E-state index in [0.29, 0.717) is 19.3 Å². The van der Waals surface area contributed by atoms with Gasteiger partial charge in [-0.05, 0) is 24.6 Å². The second-order valence-corrected chi connectivity index (χ2v) is 4.78. The monoisotopic (exact) mass is 267 g/mol. The summed E-state index contributed by atoms with van der Waals surface area (Å²) < 4.78 is 5.56. The predicted octanol–water partition coefficient (Wildman–Crippen LogP) is 1.79. The van der Waals surface area contributed by atoms with Crippen LogP contribution >= 0.6 is 11.6 Å². The van der Waals surface area contributed by atoms with Crippen molar-refractivity contribution >= 4 is 17.6 Å². The van der Waals surface area contributed by atoms with Gasteiger partial charge in [-0.25, -0.2) is 0 Å². The molecule has 0 aromatic heterocycles. The number of benzene rings is 1. The number of hydrogen-bond acceptors (Lipinski definition) is 4. The molecule has 1 aliphatic rings. The molecule has 1 aromatic carbocycles. The van der Waals surface area contributed by atoms with Crippen LogP contribution < -0.4 is 10.6 Å². The van der Waals surface area contributed by atoms with Crippen molar-refractivity contribution in [3.05, 3.63) is 34.9 Å². The molecule has 18 heavy (non-hydrogen) atoms. The predicted molar refractivity (Wildman–Crippen MR) is 74.0 cm³/mol. The number of guanidine groups is 1. The van der Waals surface area contributed by atoms with Crippen LogP contribution in [0.3, 0.4) is 0 Å². The number of halogens is 1. The molecule has 1 aliphatic heterocycles. The summed E-state index contributed by atoms with van der Waals surface area (Å²) in [5, 5.41) is 7.19. The Morgan fingerprint density at radius 2 is 2.22 bits per heavy atom. The van der Waals surface area contributed by atoms with E-state index in [9.17, 15) is 0 Å². The van der Waals surface area contributed by atoms with E-state index >= 15 is 0 Å². The SMILES string of the molecule is CC1CN=C(NCCOCc2ccc(Cl)cc2)N1. The van der Waals surface area contributed by atoms with Crippen LogP contribution in [0.25, 0.3) is 0 Å². The van der Waals surface area contributed by atoms with E-state index < -0.39 is 0 Å². The average molecular weight is 268 g/mol. The standard InChI is InChI=1S/C13H18ClN3O/c1-10-8-16-13(17-10)15-6-7-18-9-11-2-4-12(14)5-3-11/h2-5,10H,6-9H2,1H3,(H2,15,16,17). The highest BCUT2D eigenvalue weighted by molar-refractivity contribution is 6.30. The molecule has 0 amide bonds. The van der Waals surface area contributed by atoms with Crippen molar-refractivity contribution in [1.82, 2.24) is 10.6 Å². The largest absolute Gasteiger partial charge is 0.375 e. The lowest BCUT2D eigenvalue weighted by molar-refractivity contribution is 0.125. The van der Waals surface area contributed by atoms with Crippen LogP contribution in [-0.2, 0) is 11.3 Å². The van der Waals surface area contributed by atoms with Crippen molar-refractivity contribution in [2.24, 2.45) is 4.99 Å². The van der Waals surface area contributed by atoms with E-state index in [0.717, 1.165) is 29.6 Å². The third kappa shape index (κ3) is 4.20. The minimum Gasteiger partial charge on any atom is -0.375 e. The number of hydrogen-bond donors (Lipinski definition) is 2. The van der Waals surface area contributed by atoms with Gasteiger partial charge in [0.15, 0.2) is 5.96 Å². The molecule has 0 radical (unpaired) electrons. The lowest BCUT2D eigenvalue weighted by atomic mass is 10.2. The zero-order valence-corrected chi connectivity index (χ0v) is 11.2. The highest BCUT2D eigenvalue weighted by atomic mass is 35.5. The first-order valence-corrected chi connectivity index (χ1v) is 6.49. The molecule has 0 fully saturated rings. The van der Waals surface area contributed by atoms with Gasteiger partial charge in [0.25, 0.3) is 0 Å². The molecule has 0 bridgehead atoms. The van der Waals surface area contributed by atoms with Gasteiger partial charge < -0.3 is 15.4 Å². The summed E-state index contributed by atoms with van der Waals surface area (Å²) in [5.74, 6) is 0.873. The first-order chi connectivity index (χ1) is 8.74. The minimum absolute atomic E-state index is 0.433. The topological polar surface area (TPSA) is 45.7 Å². The van der Waals surface area contributed by atoms with Crippen molar-refractivity contribution in [1.29, 1.82) is 0 Å². The van der Waals surface area contributed by atoms with Crippen molar-refractivity contribution in [2.75, 3.05) is 19.7 Å². The Labute approximate surface area is 112 Å². The first kappa shape index (κ1) is 13.2. The zero-order chi connectivity index (χ0) is 12.8. The Hall–Kier alpha value is -1.26. The Bertz CT molecular complexity index is 405. The van der Waals surface area contributed by atoms with Gasteiger partial charge >= 0.3 is 0 Å². The molecule has 2 N–H and O–H groups in total. The van der Waals surface area contributed by atoms with Crippen molar-refractivity contribution in [2.45, 2.75) is 19.6 Å². The fourth-order valence-corrected chi connectivity index (χ4v) is 1.80. The highest BCUT2D eigenvalue weighted by Gasteiger charge is 2.10. The zero-order valence-electron chi connectivity index (χ0n) is 10.4. The minimum atomic E-state index is 0.433. The second-order valence-electron chi connectivity index (χ2n) is 4.34. The summed E-state index contributed by atoms with van der Waals surface area (Å²) in [6.07, 6.45) is 0. The molecule has 5 heteroatoms. The molecule has 0 saturated carbocycles. The molecule has 0 saturated heterocycles. The average Bonchev–Trinajstić information content (AvgIpc) is 2.77. The molecule has 0 spiro atoms. The highest BCUT2D eigenvalue weighted by Crippen LogP contribution is 2.09. The molecular weight excluding hydrogens is 250 g/mol. The summed E-state index contributed by atoms with van der Waals surface area (Å²) in [4.78, 5) is 4.31. The fourth-order valence-electron chi connectivity index (χ4n) is 1.67. The summed E-state index contributed by atoms with van der Waals surface area (Å²) >= 11 is 5.81. The van der Waals surface area contributed by atoms with Gasteiger partial charge in [0, 0.05) is 17.6 Å². The lowest BCUT2D eigenvalue weighted by Crippen LogP contribution is -2.39. The maximum Gasteiger partial charge on any atom is 0.191 e. The van der Waals surface area contributed by atoms with Crippen molar-refractivity contribution < 1.29 is 4.74 Å². The summed E-state index contributed by atoms with van der Waals surface area (Å²) in [6.45, 7) is 4.96. The van der Waals surface area contributed by atoms with E-state index in [2.05, 4.69) is 22.5 Å². The van der Waals surface area contributed by atoms with Gasteiger partial charge in [-0.3, -0.25) is 4.99 Å². The van der Waals surface area contributed by atoms with Crippen LogP contribution in [0.5, 0.6) is 0 Å².